The second kappa shape index (κ2) is 6.51. The molecule has 0 saturated heterocycles. The molecule has 0 radical (unpaired) electrons. The van der Waals surface area contributed by atoms with E-state index in [0.717, 1.165) is 5.56 Å². The van der Waals surface area contributed by atoms with E-state index in [2.05, 4.69) is 6.07 Å². The first-order valence-corrected chi connectivity index (χ1v) is 6.58. The highest BCUT2D eigenvalue weighted by Gasteiger charge is 2.10. The van der Waals surface area contributed by atoms with E-state index in [9.17, 15) is 4.39 Å². The Labute approximate surface area is 123 Å². The van der Waals surface area contributed by atoms with Crippen LogP contribution in [0, 0.1) is 17.1 Å². The minimum atomic E-state index is -0.288. The van der Waals surface area contributed by atoms with Gasteiger partial charge in [-0.3, -0.25) is 4.90 Å². The first-order chi connectivity index (χ1) is 9.60. The largest absolute Gasteiger partial charge is 0.298 e. The van der Waals surface area contributed by atoms with E-state index in [0.29, 0.717) is 29.2 Å². The van der Waals surface area contributed by atoms with Crippen LogP contribution in [0.25, 0.3) is 0 Å². The lowest BCUT2D eigenvalue weighted by Gasteiger charge is -2.18. The smallest absolute Gasteiger partial charge is 0.129 e. The molecule has 0 bridgehead atoms. The molecule has 0 spiro atoms. The van der Waals surface area contributed by atoms with Crippen molar-refractivity contribution in [3.63, 3.8) is 0 Å². The monoisotopic (exact) mass is 288 g/mol. The van der Waals surface area contributed by atoms with Gasteiger partial charge in [0.25, 0.3) is 0 Å². The average Bonchev–Trinajstić information content (AvgIpc) is 2.44. The summed E-state index contributed by atoms with van der Waals surface area (Å²) in [6.45, 7) is 1.10. The number of rotatable bonds is 4. The van der Waals surface area contributed by atoms with Crippen molar-refractivity contribution >= 4 is 11.6 Å². The van der Waals surface area contributed by atoms with E-state index in [4.69, 9.17) is 16.9 Å². The van der Waals surface area contributed by atoms with Gasteiger partial charge in [0.1, 0.15) is 5.82 Å². The Balaban J connectivity index is 2.05. The predicted octanol–water partition coefficient (Wildman–Crippen LogP) is 3.98. The molecule has 0 heterocycles. The molecule has 0 fully saturated rings. The van der Waals surface area contributed by atoms with Crippen LogP contribution in [0.4, 0.5) is 4.39 Å². The molecule has 0 saturated carbocycles. The van der Waals surface area contributed by atoms with Crippen molar-refractivity contribution in [2.45, 2.75) is 13.1 Å². The summed E-state index contributed by atoms with van der Waals surface area (Å²) in [7, 11) is 1.90. The van der Waals surface area contributed by atoms with Gasteiger partial charge < -0.3 is 0 Å². The van der Waals surface area contributed by atoms with Crippen LogP contribution in [0.1, 0.15) is 16.7 Å². The van der Waals surface area contributed by atoms with Gasteiger partial charge in [-0.05, 0) is 36.9 Å². The third-order valence-corrected chi connectivity index (χ3v) is 3.38. The molecule has 0 unspecified atom stereocenters. The zero-order chi connectivity index (χ0) is 14.5. The van der Waals surface area contributed by atoms with Crippen LogP contribution in [-0.4, -0.2) is 11.9 Å². The Morgan fingerprint density at radius 2 is 1.85 bits per heavy atom. The summed E-state index contributed by atoms with van der Waals surface area (Å²) in [5.41, 5.74) is 2.21. The number of hydrogen-bond acceptors (Lipinski definition) is 2. The van der Waals surface area contributed by atoms with Crippen molar-refractivity contribution in [3.05, 3.63) is 70.0 Å². The topological polar surface area (TPSA) is 27.0 Å². The van der Waals surface area contributed by atoms with Gasteiger partial charge in [0, 0.05) is 23.7 Å². The van der Waals surface area contributed by atoms with Crippen LogP contribution in [0.2, 0.25) is 5.02 Å². The highest BCUT2D eigenvalue weighted by molar-refractivity contribution is 6.31. The van der Waals surface area contributed by atoms with E-state index in [1.807, 2.05) is 24.1 Å². The molecule has 4 heteroatoms. The van der Waals surface area contributed by atoms with Crippen LogP contribution in [0.5, 0.6) is 0 Å². The summed E-state index contributed by atoms with van der Waals surface area (Å²) in [5, 5.41) is 9.19. The van der Waals surface area contributed by atoms with Gasteiger partial charge in [-0.25, -0.2) is 4.39 Å². The summed E-state index contributed by atoms with van der Waals surface area (Å²) in [5.74, 6) is -0.288. The van der Waals surface area contributed by atoms with Gasteiger partial charge in [-0.2, -0.15) is 5.26 Å². The maximum atomic E-state index is 13.7. The Bertz CT molecular complexity index is 612. The molecule has 0 atom stereocenters. The van der Waals surface area contributed by atoms with Crippen molar-refractivity contribution in [1.82, 2.24) is 4.90 Å². The van der Waals surface area contributed by atoms with E-state index < -0.39 is 0 Å². The molecule has 0 aliphatic heterocycles. The molecule has 0 aromatic heterocycles. The number of hydrogen-bond donors (Lipinski definition) is 0. The van der Waals surface area contributed by atoms with Crippen LogP contribution in [0.3, 0.4) is 0 Å². The van der Waals surface area contributed by atoms with Crippen LogP contribution < -0.4 is 0 Å². The summed E-state index contributed by atoms with van der Waals surface area (Å²) >= 11 is 6.01. The average molecular weight is 289 g/mol. The van der Waals surface area contributed by atoms with Crippen molar-refractivity contribution in [1.29, 1.82) is 5.26 Å². The zero-order valence-electron chi connectivity index (χ0n) is 11.1. The fourth-order valence-corrected chi connectivity index (χ4v) is 2.23. The lowest BCUT2D eigenvalue weighted by molar-refractivity contribution is 0.313. The van der Waals surface area contributed by atoms with Gasteiger partial charge in [0.15, 0.2) is 0 Å². The third kappa shape index (κ3) is 3.57. The van der Waals surface area contributed by atoms with Crippen LogP contribution in [0.15, 0.2) is 42.5 Å². The van der Waals surface area contributed by atoms with Crippen molar-refractivity contribution in [2.75, 3.05) is 7.05 Å². The molecule has 102 valence electrons. The predicted molar refractivity (Wildman–Crippen MR) is 77.7 cm³/mol. The lowest BCUT2D eigenvalue weighted by atomic mass is 10.1. The first-order valence-electron chi connectivity index (χ1n) is 6.20. The maximum absolute atomic E-state index is 13.7. The summed E-state index contributed by atoms with van der Waals surface area (Å²) in [4.78, 5) is 1.98. The van der Waals surface area contributed by atoms with Gasteiger partial charge in [0.2, 0.25) is 0 Å². The van der Waals surface area contributed by atoms with E-state index in [1.165, 1.54) is 6.07 Å². The first kappa shape index (κ1) is 14.5. The molecule has 0 N–H and O–H groups in total. The summed E-state index contributed by atoms with van der Waals surface area (Å²) in [6.07, 6.45) is 0. The molecule has 2 aromatic rings. The summed E-state index contributed by atoms with van der Waals surface area (Å²) in [6, 6.07) is 14.1. The highest BCUT2D eigenvalue weighted by atomic mass is 35.5. The Morgan fingerprint density at radius 1 is 1.15 bits per heavy atom. The number of halogens is 2. The quantitative estimate of drug-likeness (QED) is 0.851. The Hall–Kier alpha value is -1.89. The summed E-state index contributed by atoms with van der Waals surface area (Å²) < 4.78 is 13.7. The number of benzene rings is 2. The molecule has 0 aliphatic carbocycles. The standard InChI is InChI=1S/C16H14ClFN2/c1-20(10-13-7-5-12(9-19)6-8-13)11-14-15(17)3-2-4-16(14)18/h2-8H,10-11H2,1H3. The van der Waals surface area contributed by atoms with Crippen molar-refractivity contribution in [2.24, 2.45) is 0 Å². The van der Waals surface area contributed by atoms with Crippen molar-refractivity contribution in [3.8, 4) is 6.07 Å². The lowest BCUT2D eigenvalue weighted by Crippen LogP contribution is -2.18. The molecule has 0 amide bonds. The molecule has 2 aromatic carbocycles. The van der Waals surface area contributed by atoms with Crippen LogP contribution in [-0.2, 0) is 13.1 Å². The fraction of sp³-hybridized carbons (Fsp3) is 0.188. The number of nitrogens with zero attached hydrogens (tertiary/aromatic N) is 2. The highest BCUT2D eigenvalue weighted by Crippen LogP contribution is 2.21. The molecule has 20 heavy (non-hydrogen) atoms. The maximum Gasteiger partial charge on any atom is 0.129 e. The van der Waals surface area contributed by atoms with Gasteiger partial charge >= 0.3 is 0 Å². The molecule has 2 nitrogen and oxygen atoms in total. The molecule has 2 rings (SSSR count). The second-order valence-corrected chi connectivity index (χ2v) is 5.09. The minimum Gasteiger partial charge on any atom is -0.298 e. The number of nitriles is 1. The van der Waals surface area contributed by atoms with Gasteiger partial charge in [-0.1, -0.05) is 29.8 Å². The van der Waals surface area contributed by atoms with Crippen LogP contribution >= 0.6 is 11.6 Å². The molecular weight excluding hydrogens is 275 g/mol. The third-order valence-electron chi connectivity index (χ3n) is 3.03. The van der Waals surface area contributed by atoms with Gasteiger partial charge in [0.05, 0.1) is 11.6 Å². The SMILES string of the molecule is CN(Cc1ccc(C#N)cc1)Cc1c(F)cccc1Cl. The zero-order valence-corrected chi connectivity index (χ0v) is 11.9. The second-order valence-electron chi connectivity index (χ2n) is 4.68. The molecular formula is C16H14ClFN2. The van der Waals surface area contributed by atoms with E-state index >= 15 is 0 Å². The van der Waals surface area contributed by atoms with E-state index in [1.54, 1.807) is 24.3 Å². The van der Waals surface area contributed by atoms with Gasteiger partial charge in [-0.15, -0.1) is 0 Å². The minimum absolute atomic E-state index is 0.288. The Morgan fingerprint density at radius 3 is 2.45 bits per heavy atom. The van der Waals surface area contributed by atoms with E-state index in [-0.39, 0.29) is 5.82 Å². The normalized spacial score (nSPS) is 10.6. The van der Waals surface area contributed by atoms with Crippen molar-refractivity contribution < 1.29 is 4.39 Å². The Kier molecular flexibility index (Phi) is 4.73. The fourth-order valence-electron chi connectivity index (χ4n) is 2.01. The molecule has 0 aliphatic rings.